The Balaban J connectivity index is 1.68. The van der Waals surface area contributed by atoms with Crippen LogP contribution in [-0.2, 0) is 22.5 Å². The van der Waals surface area contributed by atoms with Gasteiger partial charge in [-0.15, -0.1) is 0 Å². The average Bonchev–Trinajstić information content (AvgIpc) is 3.27. The van der Waals surface area contributed by atoms with Crippen LogP contribution in [0.2, 0.25) is 0 Å². The number of hydrogen-bond donors (Lipinski definition) is 2. The number of fused-ring (bicyclic) bond motifs is 1. The quantitative estimate of drug-likeness (QED) is 0.205. The number of esters is 1. The number of ether oxygens (including phenoxy) is 1. The number of hydrogen-bond acceptors (Lipinski definition) is 6. The first-order valence-electron chi connectivity index (χ1n) is 11.4. The Morgan fingerprint density at radius 1 is 1.11 bits per heavy atom. The van der Waals surface area contributed by atoms with Crippen LogP contribution in [0, 0.1) is 11.3 Å². The number of nitrogens with two attached hydrogens (primary N) is 1. The van der Waals surface area contributed by atoms with Crippen LogP contribution < -0.4 is 11.1 Å². The van der Waals surface area contributed by atoms with E-state index in [9.17, 15) is 14.9 Å². The molecule has 10 heteroatoms. The summed E-state index contributed by atoms with van der Waals surface area (Å²) in [6.45, 7) is 0.806. The van der Waals surface area contributed by atoms with Crippen LogP contribution in [-0.4, -0.2) is 35.1 Å². The number of methoxy groups -OCH3 is 1. The number of carbonyl (C=O) groups is 2. The lowest BCUT2D eigenvalue weighted by Gasteiger charge is -2.12. The maximum absolute atomic E-state index is 12.6. The minimum Gasteiger partial charge on any atom is -0.469 e. The van der Waals surface area contributed by atoms with Crippen LogP contribution in [0.1, 0.15) is 27.9 Å². The fourth-order valence-electron chi connectivity index (χ4n) is 3.92. The maximum Gasteiger partial charge on any atom is 0.307 e. The number of benzene rings is 3. The second-order valence-corrected chi connectivity index (χ2v) is 9.99. The molecule has 37 heavy (non-hydrogen) atoms. The van der Waals surface area contributed by atoms with Gasteiger partial charge in [-0.3, -0.25) is 9.59 Å². The van der Waals surface area contributed by atoms with Crippen LogP contribution in [0.25, 0.3) is 22.4 Å². The Hall–Kier alpha value is -3.68. The normalized spacial score (nSPS) is 10.8. The highest BCUT2D eigenvalue weighted by atomic mass is 79.9. The van der Waals surface area contributed by atoms with Crippen LogP contribution in [0.4, 0.5) is 5.69 Å². The van der Waals surface area contributed by atoms with E-state index in [0.717, 1.165) is 31.4 Å². The highest BCUT2D eigenvalue weighted by Crippen LogP contribution is 2.31. The van der Waals surface area contributed by atoms with Gasteiger partial charge in [-0.2, -0.15) is 5.26 Å². The summed E-state index contributed by atoms with van der Waals surface area (Å²) >= 11 is 7.01. The molecule has 1 heterocycles. The molecule has 188 valence electrons. The van der Waals surface area contributed by atoms with Gasteiger partial charge in [0.1, 0.15) is 5.82 Å². The van der Waals surface area contributed by atoms with Crippen molar-refractivity contribution in [2.75, 3.05) is 19.4 Å². The van der Waals surface area contributed by atoms with Crippen molar-refractivity contribution in [3.63, 3.8) is 0 Å². The summed E-state index contributed by atoms with van der Waals surface area (Å²) in [5.41, 5.74) is 11.2. The van der Waals surface area contributed by atoms with Gasteiger partial charge < -0.3 is 20.4 Å². The lowest BCUT2D eigenvalue weighted by molar-refractivity contribution is -0.140. The molecule has 0 fully saturated rings. The number of nitrogens with zero attached hydrogens (tertiary/aromatic N) is 3. The van der Waals surface area contributed by atoms with Crippen molar-refractivity contribution in [3.05, 3.63) is 80.2 Å². The van der Waals surface area contributed by atoms with Gasteiger partial charge in [-0.1, -0.05) is 0 Å². The molecule has 3 N–H and O–H groups in total. The van der Waals surface area contributed by atoms with Crippen LogP contribution >= 0.6 is 31.9 Å². The van der Waals surface area contributed by atoms with E-state index in [1.807, 2.05) is 30.3 Å². The van der Waals surface area contributed by atoms with Gasteiger partial charge in [0, 0.05) is 33.2 Å². The smallest absolute Gasteiger partial charge is 0.307 e. The van der Waals surface area contributed by atoms with E-state index in [0.29, 0.717) is 35.3 Å². The van der Waals surface area contributed by atoms with Crippen molar-refractivity contribution >= 4 is 60.5 Å². The fourth-order valence-corrected chi connectivity index (χ4v) is 5.20. The molecular formula is C27H23Br2N5O3. The molecule has 0 atom stereocenters. The highest BCUT2D eigenvalue weighted by Gasteiger charge is 2.16. The average molecular weight is 625 g/mol. The lowest BCUT2D eigenvalue weighted by atomic mass is 10.1. The molecule has 3 aromatic carbocycles. The molecule has 4 aromatic rings. The molecule has 0 spiro atoms. The van der Waals surface area contributed by atoms with Gasteiger partial charge in [0.2, 0.25) is 0 Å². The first-order valence-corrected chi connectivity index (χ1v) is 13.0. The summed E-state index contributed by atoms with van der Waals surface area (Å²) in [4.78, 5) is 28.8. The van der Waals surface area contributed by atoms with Crippen molar-refractivity contribution in [1.29, 1.82) is 5.26 Å². The lowest BCUT2D eigenvalue weighted by Crippen LogP contribution is -2.26. The number of carbonyl (C=O) groups excluding carboxylic acids is 2. The van der Waals surface area contributed by atoms with Crippen molar-refractivity contribution in [3.8, 4) is 17.5 Å². The Labute approximate surface area is 230 Å². The van der Waals surface area contributed by atoms with Gasteiger partial charge in [-0.25, -0.2) is 4.98 Å². The number of anilines is 1. The molecule has 4 rings (SSSR count). The summed E-state index contributed by atoms with van der Waals surface area (Å²) in [5, 5.41) is 11.9. The third-order valence-electron chi connectivity index (χ3n) is 5.89. The second kappa shape index (κ2) is 11.6. The molecule has 0 radical (unpaired) electrons. The van der Waals surface area contributed by atoms with Crippen molar-refractivity contribution in [1.82, 2.24) is 14.9 Å². The van der Waals surface area contributed by atoms with E-state index >= 15 is 0 Å². The summed E-state index contributed by atoms with van der Waals surface area (Å²) in [6, 6.07) is 18.7. The largest absolute Gasteiger partial charge is 0.469 e. The third-order valence-corrected chi connectivity index (χ3v) is 7.20. The van der Waals surface area contributed by atoms with E-state index in [2.05, 4.69) is 52.5 Å². The topological polar surface area (TPSA) is 123 Å². The van der Waals surface area contributed by atoms with Crippen molar-refractivity contribution in [2.24, 2.45) is 0 Å². The Morgan fingerprint density at radius 2 is 1.81 bits per heavy atom. The predicted octanol–water partition coefficient (Wildman–Crippen LogP) is 5.22. The predicted molar refractivity (Wildman–Crippen MR) is 149 cm³/mol. The Morgan fingerprint density at radius 3 is 2.46 bits per heavy atom. The van der Waals surface area contributed by atoms with Crippen LogP contribution in [0.3, 0.4) is 0 Å². The molecular weight excluding hydrogens is 602 g/mol. The van der Waals surface area contributed by atoms with Gasteiger partial charge in [0.15, 0.2) is 0 Å². The summed E-state index contributed by atoms with van der Waals surface area (Å²) in [5.74, 6) is 0.0508. The third kappa shape index (κ3) is 6.01. The zero-order valence-corrected chi connectivity index (χ0v) is 23.1. The Kier molecular flexibility index (Phi) is 8.26. The molecule has 0 aliphatic carbocycles. The molecule has 0 aliphatic rings. The number of nitrogen functional groups attached to an aromatic ring is 1. The molecule has 0 bridgehead atoms. The first kappa shape index (κ1) is 26.4. The number of rotatable bonds is 8. The van der Waals surface area contributed by atoms with Gasteiger partial charge in [-0.05, 0) is 98.4 Å². The number of aryl methyl sites for hydroxylation is 2. The molecule has 0 saturated carbocycles. The number of imidazole rings is 1. The summed E-state index contributed by atoms with van der Waals surface area (Å²) in [7, 11) is 1.31. The molecule has 1 amide bonds. The van der Waals surface area contributed by atoms with E-state index in [4.69, 9.17) is 10.7 Å². The second-order valence-electron chi connectivity index (χ2n) is 8.28. The van der Waals surface area contributed by atoms with Crippen molar-refractivity contribution < 1.29 is 14.3 Å². The number of aromatic nitrogens is 2. The molecule has 0 unspecified atom stereocenters. The van der Waals surface area contributed by atoms with Gasteiger partial charge in [0.25, 0.3) is 5.91 Å². The number of nitrogens with one attached hydrogen (secondary N) is 1. The number of amides is 1. The minimum absolute atomic E-state index is 0.0965. The van der Waals surface area contributed by atoms with Crippen LogP contribution in [0.15, 0.2) is 63.5 Å². The van der Waals surface area contributed by atoms with Crippen molar-refractivity contribution in [2.45, 2.75) is 19.4 Å². The summed E-state index contributed by atoms with van der Waals surface area (Å²) in [6.07, 6.45) is 0.807. The molecule has 0 aliphatic heterocycles. The number of halogens is 2. The van der Waals surface area contributed by atoms with Gasteiger partial charge in [0.05, 0.1) is 41.9 Å². The summed E-state index contributed by atoms with van der Waals surface area (Å²) < 4.78 is 8.36. The standard InChI is InChI=1S/C27H23Br2N5O3/c1-37-24(35)8-10-32-27(36)19-6-7-23-22(14-19)33-26(18-4-2-16(15-30)3-5-18)34(23)11-9-17-12-20(28)25(31)21(29)13-17/h2-7,12-14H,8-11,31H2,1H3,(H,32,36). The van der Waals surface area contributed by atoms with Crippen LogP contribution in [0.5, 0.6) is 0 Å². The monoisotopic (exact) mass is 623 g/mol. The van der Waals surface area contributed by atoms with E-state index < -0.39 is 0 Å². The molecule has 1 aromatic heterocycles. The van der Waals surface area contributed by atoms with E-state index in [-0.39, 0.29) is 24.8 Å². The number of nitriles is 1. The molecule has 8 nitrogen and oxygen atoms in total. The zero-order valence-electron chi connectivity index (χ0n) is 19.9. The van der Waals surface area contributed by atoms with Gasteiger partial charge >= 0.3 is 5.97 Å². The fraction of sp³-hybridized carbons (Fsp3) is 0.185. The zero-order chi connectivity index (χ0) is 26.5. The molecule has 0 saturated heterocycles. The Bertz CT molecular complexity index is 1500. The minimum atomic E-state index is -0.387. The van der Waals surface area contributed by atoms with E-state index in [1.165, 1.54) is 7.11 Å². The SMILES string of the molecule is COC(=O)CCNC(=O)c1ccc2c(c1)nc(-c1ccc(C#N)cc1)n2CCc1cc(Br)c(N)c(Br)c1. The highest BCUT2D eigenvalue weighted by molar-refractivity contribution is 9.11. The van der Waals surface area contributed by atoms with E-state index in [1.54, 1.807) is 24.3 Å². The maximum atomic E-state index is 12.6. The first-order chi connectivity index (χ1) is 17.8.